The van der Waals surface area contributed by atoms with Crippen molar-refractivity contribution in [1.82, 2.24) is 15.5 Å². The van der Waals surface area contributed by atoms with Gasteiger partial charge in [0.25, 0.3) is 0 Å². The van der Waals surface area contributed by atoms with Crippen molar-refractivity contribution in [3.63, 3.8) is 0 Å². The SMILES string of the molecule is FC(F)(F)CCNCc1cccnn1. The molecule has 0 aliphatic rings. The summed E-state index contributed by atoms with van der Waals surface area (Å²) in [5, 5.41) is 9.95. The average Bonchev–Trinajstić information content (AvgIpc) is 2.13. The lowest BCUT2D eigenvalue weighted by atomic mass is 10.3. The van der Waals surface area contributed by atoms with Crippen LogP contribution in [0.25, 0.3) is 0 Å². The zero-order valence-electron chi connectivity index (χ0n) is 7.38. The highest BCUT2D eigenvalue weighted by Gasteiger charge is 2.25. The number of aromatic nitrogens is 2. The molecule has 1 heterocycles. The predicted octanol–water partition coefficient (Wildman–Crippen LogP) is 1.52. The predicted molar refractivity (Wildman–Crippen MR) is 44.4 cm³/mol. The molecular weight excluding hydrogens is 195 g/mol. The Morgan fingerprint density at radius 1 is 1.36 bits per heavy atom. The summed E-state index contributed by atoms with van der Waals surface area (Å²) < 4.78 is 35.1. The zero-order chi connectivity index (χ0) is 10.4. The van der Waals surface area contributed by atoms with Crippen LogP contribution in [-0.2, 0) is 6.54 Å². The Labute approximate surface area is 79.3 Å². The highest BCUT2D eigenvalue weighted by molar-refractivity contribution is 4.98. The molecule has 0 bridgehead atoms. The summed E-state index contributed by atoms with van der Waals surface area (Å²) in [6, 6.07) is 3.39. The normalized spacial score (nSPS) is 11.6. The summed E-state index contributed by atoms with van der Waals surface area (Å²) >= 11 is 0. The first-order chi connectivity index (χ1) is 6.58. The molecule has 6 heteroatoms. The fraction of sp³-hybridized carbons (Fsp3) is 0.500. The van der Waals surface area contributed by atoms with Crippen molar-refractivity contribution in [3.05, 3.63) is 24.0 Å². The van der Waals surface area contributed by atoms with Crippen molar-refractivity contribution in [1.29, 1.82) is 0 Å². The fourth-order valence-corrected chi connectivity index (χ4v) is 0.874. The number of rotatable bonds is 4. The lowest BCUT2D eigenvalue weighted by Gasteiger charge is -2.06. The standard InChI is InChI=1S/C8H10F3N3/c9-8(10,11)3-5-12-6-7-2-1-4-13-14-7/h1-2,4,12H,3,5-6H2. The van der Waals surface area contributed by atoms with E-state index in [4.69, 9.17) is 0 Å². The van der Waals surface area contributed by atoms with E-state index in [0.29, 0.717) is 12.2 Å². The summed E-state index contributed by atoms with van der Waals surface area (Å²) in [6.45, 7) is 0.212. The van der Waals surface area contributed by atoms with E-state index in [1.54, 1.807) is 12.1 Å². The van der Waals surface area contributed by atoms with E-state index in [1.165, 1.54) is 6.20 Å². The second-order valence-electron chi connectivity index (χ2n) is 2.76. The summed E-state index contributed by atoms with van der Waals surface area (Å²) in [6.07, 6.45) is -3.41. The van der Waals surface area contributed by atoms with Crippen LogP contribution in [-0.4, -0.2) is 22.9 Å². The highest BCUT2D eigenvalue weighted by atomic mass is 19.4. The Balaban J connectivity index is 2.17. The van der Waals surface area contributed by atoms with E-state index in [2.05, 4.69) is 15.5 Å². The summed E-state index contributed by atoms with van der Waals surface area (Å²) in [4.78, 5) is 0. The third-order valence-electron chi connectivity index (χ3n) is 1.52. The summed E-state index contributed by atoms with van der Waals surface area (Å²) in [7, 11) is 0. The van der Waals surface area contributed by atoms with Gasteiger partial charge >= 0.3 is 6.18 Å². The third kappa shape index (κ3) is 4.76. The van der Waals surface area contributed by atoms with Crippen molar-refractivity contribution >= 4 is 0 Å². The minimum Gasteiger partial charge on any atom is -0.311 e. The Bertz CT molecular complexity index is 260. The van der Waals surface area contributed by atoms with Gasteiger partial charge in [-0.25, -0.2) is 0 Å². The van der Waals surface area contributed by atoms with E-state index >= 15 is 0 Å². The Kier molecular flexibility index (Phi) is 3.82. The smallest absolute Gasteiger partial charge is 0.311 e. The van der Waals surface area contributed by atoms with E-state index in [0.717, 1.165) is 0 Å². The fourth-order valence-electron chi connectivity index (χ4n) is 0.874. The molecule has 0 saturated heterocycles. The molecule has 1 aromatic rings. The lowest BCUT2D eigenvalue weighted by Crippen LogP contribution is -2.21. The van der Waals surface area contributed by atoms with E-state index < -0.39 is 12.6 Å². The molecule has 0 unspecified atom stereocenters. The molecule has 0 atom stereocenters. The minimum absolute atomic E-state index is 0.0971. The Morgan fingerprint density at radius 2 is 2.14 bits per heavy atom. The molecule has 0 saturated carbocycles. The molecule has 0 aromatic carbocycles. The molecule has 1 rings (SSSR count). The molecule has 1 N–H and O–H groups in total. The van der Waals surface area contributed by atoms with Crippen LogP contribution in [0, 0.1) is 0 Å². The molecule has 0 fully saturated rings. The molecule has 14 heavy (non-hydrogen) atoms. The number of alkyl halides is 3. The average molecular weight is 205 g/mol. The maximum absolute atomic E-state index is 11.7. The van der Waals surface area contributed by atoms with Gasteiger partial charge in [-0.3, -0.25) is 0 Å². The van der Waals surface area contributed by atoms with Crippen LogP contribution < -0.4 is 5.32 Å². The number of hydrogen-bond acceptors (Lipinski definition) is 3. The molecule has 1 aromatic heterocycles. The molecule has 0 aliphatic carbocycles. The monoisotopic (exact) mass is 205 g/mol. The van der Waals surface area contributed by atoms with Crippen molar-refractivity contribution in [2.24, 2.45) is 0 Å². The second kappa shape index (κ2) is 4.90. The first kappa shape index (κ1) is 10.9. The van der Waals surface area contributed by atoms with Gasteiger partial charge in [-0.05, 0) is 12.1 Å². The Hall–Kier alpha value is -1.17. The van der Waals surface area contributed by atoms with E-state index in [1.807, 2.05) is 0 Å². The van der Waals surface area contributed by atoms with Crippen LogP contribution in [0.3, 0.4) is 0 Å². The van der Waals surface area contributed by atoms with Gasteiger partial charge in [0, 0.05) is 19.3 Å². The van der Waals surface area contributed by atoms with E-state index in [-0.39, 0.29) is 6.54 Å². The molecule has 0 radical (unpaired) electrons. The van der Waals surface area contributed by atoms with Crippen molar-refractivity contribution < 1.29 is 13.2 Å². The van der Waals surface area contributed by atoms with Gasteiger partial charge < -0.3 is 5.32 Å². The van der Waals surface area contributed by atoms with Crippen molar-refractivity contribution in [2.75, 3.05) is 6.54 Å². The highest BCUT2D eigenvalue weighted by Crippen LogP contribution is 2.18. The van der Waals surface area contributed by atoms with Gasteiger partial charge in [-0.15, -0.1) is 0 Å². The number of nitrogens with zero attached hydrogens (tertiary/aromatic N) is 2. The van der Waals surface area contributed by atoms with Crippen molar-refractivity contribution in [2.45, 2.75) is 19.1 Å². The number of hydrogen-bond donors (Lipinski definition) is 1. The van der Waals surface area contributed by atoms with Crippen LogP contribution in [0.5, 0.6) is 0 Å². The third-order valence-corrected chi connectivity index (χ3v) is 1.52. The van der Waals surface area contributed by atoms with Gasteiger partial charge in [0.05, 0.1) is 12.1 Å². The minimum atomic E-state index is -4.10. The molecule has 0 amide bonds. The van der Waals surface area contributed by atoms with Gasteiger partial charge in [-0.2, -0.15) is 23.4 Å². The summed E-state index contributed by atoms with van der Waals surface area (Å²) in [5.74, 6) is 0. The summed E-state index contributed by atoms with van der Waals surface area (Å²) in [5.41, 5.74) is 0.634. The van der Waals surface area contributed by atoms with Gasteiger partial charge in [0.1, 0.15) is 0 Å². The molecule has 0 aliphatic heterocycles. The largest absolute Gasteiger partial charge is 0.390 e. The first-order valence-corrected chi connectivity index (χ1v) is 4.12. The maximum Gasteiger partial charge on any atom is 0.390 e. The van der Waals surface area contributed by atoms with Crippen LogP contribution in [0.4, 0.5) is 13.2 Å². The topological polar surface area (TPSA) is 37.8 Å². The maximum atomic E-state index is 11.7. The molecule has 0 spiro atoms. The van der Waals surface area contributed by atoms with Gasteiger partial charge in [-0.1, -0.05) is 0 Å². The lowest BCUT2D eigenvalue weighted by molar-refractivity contribution is -0.133. The first-order valence-electron chi connectivity index (χ1n) is 4.12. The van der Waals surface area contributed by atoms with Crippen LogP contribution in [0.2, 0.25) is 0 Å². The second-order valence-corrected chi connectivity index (χ2v) is 2.76. The Morgan fingerprint density at radius 3 is 2.71 bits per heavy atom. The van der Waals surface area contributed by atoms with Crippen LogP contribution in [0.1, 0.15) is 12.1 Å². The quantitative estimate of drug-likeness (QED) is 0.757. The number of halogens is 3. The molecular formula is C8H10F3N3. The molecule has 78 valence electrons. The zero-order valence-corrected chi connectivity index (χ0v) is 7.38. The van der Waals surface area contributed by atoms with Crippen LogP contribution >= 0.6 is 0 Å². The van der Waals surface area contributed by atoms with E-state index in [9.17, 15) is 13.2 Å². The van der Waals surface area contributed by atoms with Crippen LogP contribution in [0.15, 0.2) is 18.3 Å². The van der Waals surface area contributed by atoms with Crippen molar-refractivity contribution in [3.8, 4) is 0 Å². The van der Waals surface area contributed by atoms with Gasteiger partial charge in [0.15, 0.2) is 0 Å². The van der Waals surface area contributed by atoms with Gasteiger partial charge in [0.2, 0.25) is 0 Å². The number of nitrogens with one attached hydrogen (secondary N) is 1. The molecule has 3 nitrogen and oxygen atoms in total.